The van der Waals surface area contributed by atoms with Crippen LogP contribution in [0.15, 0.2) is 144 Å². The van der Waals surface area contributed by atoms with Crippen LogP contribution in [-0.2, 0) is 14.2 Å². The molecule has 0 aliphatic rings. The van der Waals surface area contributed by atoms with Crippen LogP contribution >= 0.6 is 70.7 Å². The first-order valence-electron chi connectivity index (χ1n) is 20.2. The quantitative estimate of drug-likeness (QED) is 0.00955. The number of ether oxygens (including phenoxy) is 4. The number of benzene rings is 4. The normalized spacial score (nSPS) is 11.9. The highest BCUT2D eigenvalue weighted by molar-refractivity contribution is 8.76. The maximum Gasteiger partial charge on any atom is 0.339 e. The summed E-state index contributed by atoms with van der Waals surface area (Å²) >= 11 is 12.6. The van der Waals surface area contributed by atoms with E-state index in [4.69, 9.17) is 44.2 Å². The van der Waals surface area contributed by atoms with Crippen LogP contribution in [-0.4, -0.2) is 76.0 Å². The number of nitro benzene ring substituents is 2. The van der Waals surface area contributed by atoms with E-state index in [2.05, 4.69) is 9.97 Å². The lowest BCUT2D eigenvalue weighted by Crippen LogP contribution is -2.12. The summed E-state index contributed by atoms with van der Waals surface area (Å²) in [6.07, 6.45) is 2.87. The van der Waals surface area contributed by atoms with Crippen LogP contribution < -0.4 is 4.74 Å². The topological polar surface area (TPSA) is 186 Å². The number of carbonyl (C=O) groups is 2. The maximum absolute atomic E-state index is 12.8. The second-order valence-electron chi connectivity index (χ2n) is 14.0. The maximum atomic E-state index is 12.8. The fraction of sp³-hybridized carbons (Fsp3) is 0.149. The van der Waals surface area contributed by atoms with E-state index in [-0.39, 0.29) is 36.8 Å². The van der Waals surface area contributed by atoms with Crippen LogP contribution in [0.3, 0.4) is 0 Å². The van der Waals surface area contributed by atoms with Crippen molar-refractivity contribution in [2.24, 2.45) is 0 Å². The van der Waals surface area contributed by atoms with Gasteiger partial charge in [0.25, 0.3) is 11.4 Å². The molecule has 0 aliphatic carbocycles. The van der Waals surface area contributed by atoms with Gasteiger partial charge in [-0.15, -0.1) is 25.3 Å². The lowest BCUT2D eigenvalue weighted by molar-refractivity contribution is -0.385. The smallest absolute Gasteiger partial charge is 0.339 e. The van der Waals surface area contributed by atoms with E-state index in [0.29, 0.717) is 48.3 Å². The third-order valence-corrected chi connectivity index (χ3v) is 14.9. The number of hydrogen-bond acceptors (Lipinski definition) is 19. The Balaban J connectivity index is 1.09. The Kier molecular flexibility index (Phi) is 19.4. The molecule has 4 aromatic carbocycles. The highest BCUT2D eigenvalue weighted by Crippen LogP contribution is 2.47. The molecular formula is C47H41N5O10S6. The molecule has 0 unspecified atom stereocenters. The number of aromatic nitrogens is 2. The number of pyridine rings is 2. The van der Waals surface area contributed by atoms with Crippen LogP contribution in [0, 0.1) is 27.2 Å². The van der Waals surface area contributed by atoms with Crippen molar-refractivity contribution in [2.45, 2.75) is 17.0 Å². The van der Waals surface area contributed by atoms with Crippen molar-refractivity contribution >= 4 is 114 Å². The van der Waals surface area contributed by atoms with Gasteiger partial charge in [-0.1, -0.05) is 42.0 Å². The van der Waals surface area contributed by atoms with Crippen molar-refractivity contribution in [3.05, 3.63) is 193 Å². The summed E-state index contributed by atoms with van der Waals surface area (Å²) in [5.41, 5.74) is 4.56. The lowest BCUT2D eigenvalue weighted by Gasteiger charge is -2.22. The molecule has 0 radical (unpaired) electrons. The van der Waals surface area contributed by atoms with Crippen molar-refractivity contribution in [1.82, 2.24) is 13.7 Å². The van der Waals surface area contributed by atoms with Crippen LogP contribution in [0.2, 0.25) is 0 Å². The third-order valence-electron chi connectivity index (χ3n) is 9.27. The Labute approximate surface area is 419 Å². The number of thiol groups is 2. The van der Waals surface area contributed by atoms with Crippen molar-refractivity contribution in [3.8, 4) is 5.75 Å². The monoisotopic (exact) mass is 1030 g/mol. The van der Waals surface area contributed by atoms with Gasteiger partial charge in [0.1, 0.15) is 35.6 Å². The van der Waals surface area contributed by atoms with Gasteiger partial charge in [0.15, 0.2) is 0 Å². The largest absolute Gasteiger partial charge is 0.490 e. The highest BCUT2D eigenvalue weighted by Gasteiger charge is 2.20. The summed E-state index contributed by atoms with van der Waals surface area (Å²) in [5.74, 6) is -0.531. The SMILES string of the molecule is COCCOC(=O)c1ccc(SSc2ccc(C(=O)OCCOc3ccc(/C(SN(C)S/C(=C(\S)c4ccc(C)cc4)c4ccc([N+](=O)[O-])cc4)=C(/S)c4ccc([N+](=O)[O-])cc4)cc3)cn2)nc1. The molecule has 0 bridgehead atoms. The van der Waals surface area contributed by atoms with E-state index < -0.39 is 21.8 Å². The summed E-state index contributed by atoms with van der Waals surface area (Å²) in [7, 11) is 6.06. The van der Waals surface area contributed by atoms with E-state index in [1.807, 2.05) is 54.1 Å². The Morgan fingerprint density at radius 1 is 0.574 bits per heavy atom. The minimum atomic E-state index is -0.563. The highest BCUT2D eigenvalue weighted by atomic mass is 33.1. The number of hydrogen-bond donors (Lipinski definition) is 2. The molecule has 6 rings (SSSR count). The number of nitro groups is 2. The number of nitrogens with zero attached hydrogens (tertiary/aromatic N) is 5. The fourth-order valence-electron chi connectivity index (χ4n) is 5.76. The molecule has 0 aliphatic heterocycles. The van der Waals surface area contributed by atoms with Gasteiger partial charge in [-0.2, -0.15) is 3.71 Å². The molecule has 6 aromatic rings. The van der Waals surface area contributed by atoms with Crippen LogP contribution in [0.5, 0.6) is 5.75 Å². The van der Waals surface area contributed by atoms with E-state index in [1.165, 1.54) is 89.3 Å². The number of rotatable bonds is 22. The average Bonchev–Trinajstić information content (AvgIpc) is 3.36. The van der Waals surface area contributed by atoms with E-state index >= 15 is 0 Å². The molecule has 21 heteroatoms. The molecule has 68 heavy (non-hydrogen) atoms. The predicted octanol–water partition coefficient (Wildman–Crippen LogP) is 11.9. The Morgan fingerprint density at radius 3 is 1.38 bits per heavy atom. The summed E-state index contributed by atoms with van der Waals surface area (Å²) in [6, 6.07) is 34.2. The van der Waals surface area contributed by atoms with Gasteiger partial charge in [-0.25, -0.2) is 19.6 Å². The number of esters is 2. The van der Waals surface area contributed by atoms with Gasteiger partial charge in [0, 0.05) is 70.4 Å². The van der Waals surface area contributed by atoms with E-state index in [9.17, 15) is 29.8 Å². The van der Waals surface area contributed by atoms with Gasteiger partial charge in [-0.05, 0) is 135 Å². The number of carbonyl (C=O) groups excluding carboxylic acids is 2. The second-order valence-corrected chi connectivity index (χ2v) is 19.6. The molecule has 0 saturated heterocycles. The van der Waals surface area contributed by atoms with Crippen LogP contribution in [0.25, 0.3) is 19.6 Å². The van der Waals surface area contributed by atoms with Crippen molar-refractivity contribution in [3.63, 3.8) is 0 Å². The summed E-state index contributed by atoms with van der Waals surface area (Å²) in [6.45, 7) is 2.49. The molecule has 0 N–H and O–H groups in total. The van der Waals surface area contributed by atoms with E-state index in [0.717, 1.165) is 27.2 Å². The number of methoxy groups -OCH3 is 1. The molecule has 0 saturated carbocycles. The van der Waals surface area contributed by atoms with E-state index in [1.54, 1.807) is 60.7 Å². The fourth-order valence-corrected chi connectivity index (χ4v) is 10.3. The molecule has 0 atom stereocenters. The zero-order valence-corrected chi connectivity index (χ0v) is 41.4. The zero-order chi connectivity index (χ0) is 48.6. The zero-order valence-electron chi connectivity index (χ0n) is 36.4. The molecule has 2 aromatic heterocycles. The number of aryl methyl sites for hydroxylation is 1. The molecule has 0 amide bonds. The van der Waals surface area contributed by atoms with Gasteiger partial charge < -0.3 is 18.9 Å². The standard InChI is InChI=1S/C47H41N5O10S6/c1-30-4-6-31(7-5-30)42(63)44(33-10-18-38(19-11-33)52(57)58)65-50(2)66-45(43(64)32-8-16-37(17-9-32)51(55)56)34-12-20-39(21-13-34)60-26-27-62-47(54)36-15-23-41(49-29-36)68-67-40-22-14-35(28-48-40)46(53)61-25-24-59-3/h4-23,28-29,63-64H,24-27H2,1-3H3/b44-42-,45-43-. The van der Waals surface area contributed by atoms with Crippen molar-refractivity contribution < 1.29 is 38.4 Å². The van der Waals surface area contributed by atoms with Gasteiger partial charge in [0.2, 0.25) is 0 Å². The Morgan fingerprint density at radius 2 is 0.971 bits per heavy atom. The third kappa shape index (κ3) is 14.9. The molecule has 2 heterocycles. The van der Waals surface area contributed by atoms with Gasteiger partial charge >= 0.3 is 11.9 Å². The van der Waals surface area contributed by atoms with Crippen molar-refractivity contribution in [2.75, 3.05) is 40.6 Å². The molecule has 15 nitrogen and oxygen atoms in total. The predicted molar refractivity (Wildman–Crippen MR) is 276 cm³/mol. The number of non-ortho nitro benzene ring substituents is 2. The second kappa shape index (κ2) is 25.5. The molecular weight excluding hydrogens is 987 g/mol. The first kappa shape index (κ1) is 51.6. The van der Waals surface area contributed by atoms with Crippen molar-refractivity contribution in [1.29, 1.82) is 0 Å². The Hall–Kier alpha value is -5.78. The molecule has 0 spiro atoms. The summed E-state index contributed by atoms with van der Waals surface area (Å²) in [5, 5.41) is 24.2. The minimum absolute atomic E-state index is 0.0290. The van der Waals surface area contributed by atoms with Gasteiger partial charge in [0.05, 0.1) is 27.6 Å². The van der Waals surface area contributed by atoms with Crippen LogP contribution in [0.4, 0.5) is 11.4 Å². The molecule has 0 fully saturated rings. The summed E-state index contributed by atoms with van der Waals surface area (Å²) in [4.78, 5) is 58.1. The first-order chi connectivity index (χ1) is 32.8. The summed E-state index contributed by atoms with van der Waals surface area (Å²) < 4.78 is 23.2. The minimum Gasteiger partial charge on any atom is -0.490 e. The van der Waals surface area contributed by atoms with Crippen LogP contribution in [0.1, 0.15) is 48.5 Å². The Bertz CT molecular complexity index is 2760. The molecule has 350 valence electrons. The van der Waals surface area contributed by atoms with Gasteiger partial charge in [-0.3, -0.25) is 20.2 Å². The average molecular weight is 1030 g/mol. The first-order valence-corrected chi connectivity index (χ1v) is 24.7. The lowest BCUT2D eigenvalue weighted by atomic mass is 10.1.